The van der Waals surface area contributed by atoms with Crippen molar-refractivity contribution in [2.45, 2.75) is 34.1 Å². The van der Waals surface area contributed by atoms with Crippen LogP contribution >= 0.6 is 0 Å². The van der Waals surface area contributed by atoms with Gasteiger partial charge >= 0.3 is 0 Å². The van der Waals surface area contributed by atoms with Crippen LogP contribution in [0.5, 0.6) is 0 Å². The minimum absolute atomic E-state index is 0.143. The number of hydrogen-bond acceptors (Lipinski definition) is 5. The van der Waals surface area contributed by atoms with Gasteiger partial charge in [0.05, 0.1) is 23.1 Å². The van der Waals surface area contributed by atoms with Gasteiger partial charge < -0.3 is 10.3 Å². The third-order valence-corrected chi connectivity index (χ3v) is 6.44. The van der Waals surface area contributed by atoms with Crippen LogP contribution in [0.2, 0.25) is 0 Å². The average molecular weight is 516 g/mol. The quantitative estimate of drug-likeness (QED) is 0.185. The van der Waals surface area contributed by atoms with E-state index in [1.165, 1.54) is 0 Å². The highest BCUT2D eigenvalue weighted by molar-refractivity contribution is 6.00. The fourth-order valence-corrected chi connectivity index (χ4v) is 4.74. The van der Waals surface area contributed by atoms with E-state index in [2.05, 4.69) is 93.7 Å². The van der Waals surface area contributed by atoms with Crippen LogP contribution in [0.15, 0.2) is 98.0 Å². The number of aromatic nitrogens is 6. The van der Waals surface area contributed by atoms with Crippen molar-refractivity contribution in [2.24, 2.45) is 5.41 Å². The molecule has 5 heterocycles. The van der Waals surface area contributed by atoms with Gasteiger partial charge in [-0.2, -0.15) is 5.10 Å². The van der Waals surface area contributed by atoms with Crippen molar-refractivity contribution in [1.82, 2.24) is 35.5 Å². The molecule has 3 N–H and O–H groups in total. The zero-order valence-corrected chi connectivity index (χ0v) is 22.8. The number of nitrogens with zero attached hydrogens (tertiary/aromatic N) is 4. The van der Waals surface area contributed by atoms with Crippen LogP contribution in [0.3, 0.4) is 0 Å². The molecule has 0 radical (unpaired) electrons. The summed E-state index contributed by atoms with van der Waals surface area (Å²) in [7, 11) is 0. The summed E-state index contributed by atoms with van der Waals surface area (Å²) in [5.41, 5.74) is 9.37. The predicted octanol–water partition coefficient (Wildman–Crippen LogP) is 7.58. The van der Waals surface area contributed by atoms with Gasteiger partial charge in [0.25, 0.3) is 0 Å². The smallest absolute Gasteiger partial charge is 0.181 e. The van der Waals surface area contributed by atoms with Gasteiger partial charge in [0, 0.05) is 63.6 Å². The van der Waals surface area contributed by atoms with Crippen molar-refractivity contribution in [2.75, 3.05) is 0 Å². The van der Waals surface area contributed by atoms with E-state index in [4.69, 9.17) is 0 Å². The highest BCUT2D eigenvalue weighted by Crippen LogP contribution is 2.34. The Morgan fingerprint density at radius 1 is 1.08 bits per heavy atom. The molecule has 7 heteroatoms. The Morgan fingerprint density at radius 3 is 2.64 bits per heavy atom. The molecule has 196 valence electrons. The Hall–Kier alpha value is -4.78. The van der Waals surface area contributed by atoms with Crippen molar-refractivity contribution < 1.29 is 0 Å². The summed E-state index contributed by atoms with van der Waals surface area (Å²) in [5, 5.41) is 13.1. The first-order valence-electron chi connectivity index (χ1n) is 12.9. The lowest BCUT2D eigenvalue weighted by atomic mass is 9.91. The zero-order chi connectivity index (χ0) is 27.6. The number of aromatic amines is 2. The molecule has 39 heavy (non-hydrogen) atoms. The second-order valence-electron chi connectivity index (χ2n) is 10.8. The van der Waals surface area contributed by atoms with Crippen molar-refractivity contribution in [3.05, 3.63) is 104 Å². The topological polar surface area (TPSA) is 95.2 Å². The Morgan fingerprint density at radius 2 is 1.92 bits per heavy atom. The van der Waals surface area contributed by atoms with Crippen molar-refractivity contribution in [3.63, 3.8) is 0 Å². The first-order valence-corrected chi connectivity index (χ1v) is 12.9. The molecule has 0 aromatic carbocycles. The van der Waals surface area contributed by atoms with E-state index in [0.29, 0.717) is 5.65 Å². The van der Waals surface area contributed by atoms with Crippen LogP contribution in [-0.2, 0) is 0 Å². The molecule has 0 fully saturated rings. The van der Waals surface area contributed by atoms with Gasteiger partial charge in [-0.25, -0.2) is 4.98 Å². The summed E-state index contributed by atoms with van der Waals surface area (Å²) in [5.74, 6) is 0. The van der Waals surface area contributed by atoms with E-state index in [1.54, 1.807) is 6.20 Å². The van der Waals surface area contributed by atoms with Gasteiger partial charge in [-0.05, 0) is 54.7 Å². The van der Waals surface area contributed by atoms with Crippen LogP contribution in [0.4, 0.5) is 0 Å². The number of hydrogen-bond donors (Lipinski definition) is 3. The molecule has 0 aliphatic carbocycles. The summed E-state index contributed by atoms with van der Waals surface area (Å²) in [4.78, 5) is 16.9. The molecule has 0 bridgehead atoms. The normalized spacial score (nSPS) is 12.7. The first kappa shape index (κ1) is 25.9. The van der Waals surface area contributed by atoms with E-state index in [1.807, 2.05) is 49.9 Å². The molecule has 7 nitrogen and oxygen atoms in total. The van der Waals surface area contributed by atoms with Crippen molar-refractivity contribution >= 4 is 27.5 Å². The average Bonchev–Trinajstić information content (AvgIpc) is 3.54. The Bertz CT molecular complexity index is 1730. The maximum atomic E-state index is 4.65. The predicted molar refractivity (Wildman–Crippen MR) is 160 cm³/mol. The van der Waals surface area contributed by atoms with Crippen molar-refractivity contribution in [3.8, 4) is 22.5 Å². The SMILES string of the molecule is C=C/C(=C\C(=C/C)c1cnc2n[nH]c(-c3cc4c(-c5cccnc5)cncc4[nH]3)c2c1)NC(=C)CC(C)(C)C. The van der Waals surface area contributed by atoms with E-state index < -0.39 is 0 Å². The van der Waals surface area contributed by atoms with Crippen LogP contribution in [-0.4, -0.2) is 30.1 Å². The summed E-state index contributed by atoms with van der Waals surface area (Å²) in [6.45, 7) is 16.8. The fourth-order valence-electron chi connectivity index (χ4n) is 4.74. The Kier molecular flexibility index (Phi) is 6.98. The van der Waals surface area contributed by atoms with Gasteiger partial charge in [0.2, 0.25) is 0 Å². The number of pyridine rings is 3. The van der Waals surface area contributed by atoms with Gasteiger partial charge in [0.1, 0.15) is 0 Å². The van der Waals surface area contributed by atoms with Crippen LogP contribution < -0.4 is 5.32 Å². The molecule has 0 amide bonds. The third kappa shape index (κ3) is 5.57. The monoisotopic (exact) mass is 515 g/mol. The minimum Gasteiger partial charge on any atom is -0.359 e. The maximum Gasteiger partial charge on any atom is 0.181 e. The number of H-pyrrole nitrogens is 2. The number of nitrogens with one attached hydrogen (secondary N) is 3. The van der Waals surface area contributed by atoms with E-state index in [0.717, 1.165) is 67.8 Å². The molecule has 0 aliphatic heterocycles. The van der Waals surface area contributed by atoms with Crippen LogP contribution in [0.25, 0.3) is 50.0 Å². The summed E-state index contributed by atoms with van der Waals surface area (Å²) < 4.78 is 0. The number of fused-ring (bicyclic) bond motifs is 2. The largest absolute Gasteiger partial charge is 0.359 e. The lowest BCUT2D eigenvalue weighted by Gasteiger charge is -2.21. The molecule has 0 aliphatic rings. The molecule has 5 rings (SSSR count). The van der Waals surface area contributed by atoms with Gasteiger partial charge in [-0.15, -0.1) is 0 Å². The molecular weight excluding hydrogens is 482 g/mol. The lowest BCUT2D eigenvalue weighted by Crippen LogP contribution is -2.16. The number of allylic oxidation sites excluding steroid dienone is 5. The number of rotatable bonds is 8. The highest BCUT2D eigenvalue weighted by atomic mass is 15.2. The molecule has 0 spiro atoms. The van der Waals surface area contributed by atoms with Crippen molar-refractivity contribution in [1.29, 1.82) is 0 Å². The van der Waals surface area contributed by atoms with E-state index >= 15 is 0 Å². The second-order valence-corrected chi connectivity index (χ2v) is 10.8. The summed E-state index contributed by atoms with van der Waals surface area (Å²) in [6.07, 6.45) is 16.0. The second kappa shape index (κ2) is 10.5. The fraction of sp³-hybridized carbons (Fsp3) is 0.188. The van der Waals surface area contributed by atoms with Crippen LogP contribution in [0, 0.1) is 5.41 Å². The molecular formula is C32H33N7. The first-order chi connectivity index (χ1) is 18.8. The van der Waals surface area contributed by atoms with Crippen LogP contribution in [0.1, 0.15) is 39.7 Å². The van der Waals surface area contributed by atoms with Gasteiger partial charge in [-0.1, -0.05) is 46.1 Å². The molecule has 0 saturated heterocycles. The van der Waals surface area contributed by atoms with E-state index in [-0.39, 0.29) is 5.41 Å². The minimum atomic E-state index is 0.143. The lowest BCUT2D eigenvalue weighted by molar-refractivity contribution is 0.403. The molecule has 0 atom stereocenters. The maximum absolute atomic E-state index is 4.65. The zero-order valence-electron chi connectivity index (χ0n) is 22.8. The highest BCUT2D eigenvalue weighted by Gasteiger charge is 2.16. The molecule has 5 aromatic heterocycles. The standard InChI is InChI=1S/C32H33N7/c1-7-21(12-24(8-2)36-20(3)15-32(4,5)6)23-13-26-30(38-39-31(26)35-17-23)28-14-25-27(18-34-19-29(25)37-28)22-10-9-11-33-16-22/h7-14,16-19,36-37H,2-3,15H2,1,4-6H3,(H,35,38,39)/b21-7+,24-12+. The Balaban J connectivity index is 1.51. The summed E-state index contributed by atoms with van der Waals surface area (Å²) in [6, 6.07) is 8.20. The molecule has 0 saturated carbocycles. The van der Waals surface area contributed by atoms with E-state index in [9.17, 15) is 0 Å². The van der Waals surface area contributed by atoms with Gasteiger partial charge in [0.15, 0.2) is 5.65 Å². The molecule has 5 aromatic rings. The summed E-state index contributed by atoms with van der Waals surface area (Å²) >= 11 is 0. The van der Waals surface area contributed by atoms with Gasteiger partial charge in [-0.3, -0.25) is 15.1 Å². The molecule has 0 unspecified atom stereocenters. The third-order valence-electron chi connectivity index (χ3n) is 6.44. The Labute approximate surface area is 228 Å².